The standard InChI is InChI=1S/C11H22N4O2/c1-15(2)10(17)14-7-6-13-9(16)8-11(12)4-3-5-11/h3-8,12H2,1-2H3,(H,13,16)(H,14,17). The molecule has 1 saturated carbocycles. The van der Waals surface area contributed by atoms with Crippen LogP contribution in [-0.2, 0) is 4.79 Å². The zero-order valence-electron chi connectivity index (χ0n) is 10.6. The summed E-state index contributed by atoms with van der Waals surface area (Å²) >= 11 is 0. The van der Waals surface area contributed by atoms with Crippen molar-refractivity contribution in [1.29, 1.82) is 0 Å². The molecule has 0 unspecified atom stereocenters. The Morgan fingerprint density at radius 1 is 1.24 bits per heavy atom. The molecule has 1 rings (SSSR count). The molecule has 0 aromatic rings. The van der Waals surface area contributed by atoms with Crippen LogP contribution < -0.4 is 16.4 Å². The molecule has 0 heterocycles. The van der Waals surface area contributed by atoms with Gasteiger partial charge >= 0.3 is 6.03 Å². The first-order chi connectivity index (χ1) is 7.93. The van der Waals surface area contributed by atoms with Crippen LogP contribution in [0.1, 0.15) is 25.7 Å². The van der Waals surface area contributed by atoms with Crippen molar-refractivity contribution in [1.82, 2.24) is 15.5 Å². The Bertz CT molecular complexity index is 287. The third-order valence-corrected chi connectivity index (χ3v) is 2.99. The predicted molar refractivity (Wildman–Crippen MR) is 65.5 cm³/mol. The Kier molecular flexibility index (Phi) is 4.74. The van der Waals surface area contributed by atoms with E-state index in [1.54, 1.807) is 14.1 Å². The second-order valence-corrected chi connectivity index (χ2v) is 4.87. The van der Waals surface area contributed by atoms with E-state index in [1.807, 2.05) is 0 Å². The normalized spacial score (nSPS) is 16.9. The number of amides is 3. The lowest BCUT2D eigenvalue weighted by Gasteiger charge is -2.37. The van der Waals surface area contributed by atoms with E-state index in [9.17, 15) is 9.59 Å². The fourth-order valence-electron chi connectivity index (χ4n) is 1.72. The molecule has 0 radical (unpaired) electrons. The van der Waals surface area contributed by atoms with Crippen LogP contribution >= 0.6 is 0 Å². The Labute approximate surface area is 102 Å². The summed E-state index contributed by atoms with van der Waals surface area (Å²) in [4.78, 5) is 24.1. The second kappa shape index (κ2) is 5.86. The van der Waals surface area contributed by atoms with E-state index in [0.717, 1.165) is 19.3 Å². The molecule has 0 aromatic carbocycles. The maximum absolute atomic E-state index is 11.5. The predicted octanol–water partition coefficient (Wildman–Crippen LogP) is -0.355. The topological polar surface area (TPSA) is 87.5 Å². The first-order valence-electron chi connectivity index (χ1n) is 5.94. The molecule has 17 heavy (non-hydrogen) atoms. The first-order valence-corrected chi connectivity index (χ1v) is 5.94. The molecule has 0 aromatic heterocycles. The molecule has 3 amide bonds. The zero-order chi connectivity index (χ0) is 12.9. The molecule has 1 aliphatic rings. The lowest BCUT2D eigenvalue weighted by atomic mass is 9.75. The van der Waals surface area contributed by atoms with E-state index in [0.29, 0.717) is 19.5 Å². The van der Waals surface area contributed by atoms with Crippen molar-refractivity contribution in [2.75, 3.05) is 27.2 Å². The van der Waals surface area contributed by atoms with Crippen molar-refractivity contribution in [2.45, 2.75) is 31.2 Å². The quantitative estimate of drug-likeness (QED) is 0.576. The number of hydrogen-bond donors (Lipinski definition) is 3. The number of hydrogen-bond acceptors (Lipinski definition) is 3. The van der Waals surface area contributed by atoms with Gasteiger partial charge in [-0.05, 0) is 19.3 Å². The maximum atomic E-state index is 11.5. The number of nitrogens with one attached hydrogen (secondary N) is 2. The van der Waals surface area contributed by atoms with Crippen molar-refractivity contribution in [3.8, 4) is 0 Å². The molecular formula is C11H22N4O2. The maximum Gasteiger partial charge on any atom is 0.316 e. The van der Waals surface area contributed by atoms with Gasteiger partial charge in [-0.15, -0.1) is 0 Å². The van der Waals surface area contributed by atoms with Gasteiger partial charge in [-0.3, -0.25) is 4.79 Å². The van der Waals surface area contributed by atoms with Gasteiger partial charge in [-0.1, -0.05) is 0 Å². The van der Waals surface area contributed by atoms with Crippen LogP contribution in [-0.4, -0.2) is 49.6 Å². The fraction of sp³-hybridized carbons (Fsp3) is 0.818. The van der Waals surface area contributed by atoms with E-state index in [4.69, 9.17) is 5.73 Å². The third-order valence-electron chi connectivity index (χ3n) is 2.99. The number of rotatable bonds is 5. The summed E-state index contributed by atoms with van der Waals surface area (Å²) in [6, 6.07) is -0.159. The molecule has 0 saturated heterocycles. The van der Waals surface area contributed by atoms with Crippen LogP contribution in [0.15, 0.2) is 0 Å². The van der Waals surface area contributed by atoms with Crippen molar-refractivity contribution in [3.05, 3.63) is 0 Å². The summed E-state index contributed by atoms with van der Waals surface area (Å²) < 4.78 is 0. The van der Waals surface area contributed by atoms with Gasteiger partial charge in [-0.2, -0.15) is 0 Å². The average Bonchev–Trinajstić information content (AvgIpc) is 2.21. The van der Waals surface area contributed by atoms with Gasteiger partial charge in [0.2, 0.25) is 5.91 Å². The van der Waals surface area contributed by atoms with E-state index in [2.05, 4.69) is 10.6 Å². The van der Waals surface area contributed by atoms with Crippen LogP contribution in [0.3, 0.4) is 0 Å². The van der Waals surface area contributed by atoms with Crippen molar-refractivity contribution in [2.24, 2.45) is 5.73 Å². The van der Waals surface area contributed by atoms with Crippen LogP contribution in [0.5, 0.6) is 0 Å². The number of carbonyl (C=O) groups is 2. The van der Waals surface area contributed by atoms with Crippen LogP contribution in [0.2, 0.25) is 0 Å². The largest absolute Gasteiger partial charge is 0.354 e. The molecular weight excluding hydrogens is 220 g/mol. The summed E-state index contributed by atoms with van der Waals surface area (Å²) in [5.41, 5.74) is 5.68. The highest BCUT2D eigenvalue weighted by Crippen LogP contribution is 2.31. The zero-order valence-corrected chi connectivity index (χ0v) is 10.6. The van der Waals surface area contributed by atoms with Gasteiger partial charge in [0.1, 0.15) is 0 Å². The van der Waals surface area contributed by atoms with Gasteiger partial charge < -0.3 is 21.3 Å². The molecule has 0 spiro atoms. The number of urea groups is 1. The van der Waals surface area contributed by atoms with Gasteiger partial charge in [0.05, 0.1) is 0 Å². The van der Waals surface area contributed by atoms with E-state index < -0.39 is 0 Å². The molecule has 98 valence electrons. The molecule has 0 bridgehead atoms. The Morgan fingerprint density at radius 3 is 2.29 bits per heavy atom. The van der Waals surface area contributed by atoms with E-state index in [-0.39, 0.29) is 17.5 Å². The minimum absolute atomic E-state index is 0.0358. The summed E-state index contributed by atoms with van der Waals surface area (Å²) in [7, 11) is 3.34. The van der Waals surface area contributed by atoms with Gasteiger partial charge in [0.15, 0.2) is 0 Å². The smallest absolute Gasteiger partial charge is 0.316 e. The third kappa shape index (κ3) is 4.60. The summed E-state index contributed by atoms with van der Waals surface area (Å²) in [5, 5.41) is 5.42. The molecule has 6 heteroatoms. The summed E-state index contributed by atoms with van der Waals surface area (Å²) in [6.45, 7) is 0.870. The monoisotopic (exact) mass is 242 g/mol. The van der Waals surface area contributed by atoms with Crippen molar-refractivity contribution in [3.63, 3.8) is 0 Å². The Morgan fingerprint density at radius 2 is 1.82 bits per heavy atom. The van der Waals surface area contributed by atoms with Crippen LogP contribution in [0.25, 0.3) is 0 Å². The molecule has 0 atom stereocenters. The number of nitrogens with zero attached hydrogens (tertiary/aromatic N) is 1. The lowest BCUT2D eigenvalue weighted by molar-refractivity contribution is -0.122. The first kappa shape index (κ1) is 13.8. The highest BCUT2D eigenvalue weighted by molar-refractivity contribution is 5.77. The Hall–Kier alpha value is -1.30. The van der Waals surface area contributed by atoms with Gasteiger partial charge in [0.25, 0.3) is 0 Å². The van der Waals surface area contributed by atoms with Gasteiger partial charge in [0, 0.05) is 39.1 Å². The average molecular weight is 242 g/mol. The number of carbonyl (C=O) groups excluding carboxylic acids is 2. The highest BCUT2D eigenvalue weighted by Gasteiger charge is 2.34. The summed E-state index contributed by atoms with van der Waals surface area (Å²) in [6.07, 6.45) is 3.35. The fourth-order valence-corrected chi connectivity index (χ4v) is 1.72. The van der Waals surface area contributed by atoms with Crippen LogP contribution in [0, 0.1) is 0 Å². The second-order valence-electron chi connectivity index (χ2n) is 4.87. The highest BCUT2D eigenvalue weighted by atomic mass is 16.2. The minimum atomic E-state index is -0.281. The Balaban J connectivity index is 2.06. The van der Waals surface area contributed by atoms with Crippen molar-refractivity contribution < 1.29 is 9.59 Å². The lowest BCUT2D eigenvalue weighted by Crippen LogP contribution is -2.50. The van der Waals surface area contributed by atoms with Crippen LogP contribution in [0.4, 0.5) is 4.79 Å². The molecule has 4 N–H and O–H groups in total. The number of nitrogens with two attached hydrogens (primary N) is 1. The van der Waals surface area contributed by atoms with Gasteiger partial charge in [-0.25, -0.2) is 4.79 Å². The van der Waals surface area contributed by atoms with E-state index >= 15 is 0 Å². The SMILES string of the molecule is CN(C)C(=O)NCCNC(=O)CC1(N)CCC1. The van der Waals surface area contributed by atoms with E-state index in [1.165, 1.54) is 4.90 Å². The molecule has 1 fully saturated rings. The molecule has 1 aliphatic carbocycles. The molecule has 6 nitrogen and oxygen atoms in total. The minimum Gasteiger partial charge on any atom is -0.354 e. The summed E-state index contributed by atoms with van der Waals surface area (Å²) in [5.74, 6) is -0.0358. The van der Waals surface area contributed by atoms with Crippen molar-refractivity contribution >= 4 is 11.9 Å². The molecule has 0 aliphatic heterocycles.